The number of hydrogen-bond donors (Lipinski definition) is 3. The number of carbonyl (C=O) groups excluding carboxylic acids is 2. The third-order valence-electron chi connectivity index (χ3n) is 5.21. The van der Waals surface area contributed by atoms with Gasteiger partial charge in [0.2, 0.25) is 0 Å². The van der Waals surface area contributed by atoms with Crippen molar-refractivity contribution in [1.82, 2.24) is 0 Å². The lowest BCUT2D eigenvalue weighted by Gasteiger charge is -2.21. The van der Waals surface area contributed by atoms with Crippen LogP contribution in [0.3, 0.4) is 0 Å². The monoisotopic (exact) mass is 544 g/mol. The topological polar surface area (TPSA) is 147 Å². The number of aliphatic hydroxyl groups excluding tert-OH is 3. The molecular formula is C22H46N2O9P2+4. The van der Waals surface area contributed by atoms with Crippen molar-refractivity contribution in [2.75, 3.05) is 94.1 Å². The highest BCUT2D eigenvalue weighted by atomic mass is 31.1. The number of nitrogens with zero attached hydrogens (tertiary/aromatic N) is 2. The fourth-order valence-corrected chi connectivity index (χ4v) is 6.46. The normalized spacial score (nSPS) is 15.7. The number of rotatable bonds is 19. The minimum atomic E-state index is -1.76. The molecule has 0 saturated heterocycles. The average molecular weight is 545 g/mol. The fourth-order valence-electron chi connectivity index (χ4n) is 2.85. The molecule has 0 aliphatic rings. The Morgan fingerprint density at radius 1 is 0.771 bits per heavy atom. The van der Waals surface area contributed by atoms with Crippen molar-refractivity contribution in [2.45, 2.75) is 36.7 Å². The Hall–Kier alpha value is -1.06. The molecule has 0 amide bonds. The molecule has 5 atom stereocenters. The van der Waals surface area contributed by atoms with Gasteiger partial charge in [-0.1, -0.05) is 9.13 Å². The third kappa shape index (κ3) is 17.1. The van der Waals surface area contributed by atoms with Crippen molar-refractivity contribution < 1.29 is 52.5 Å². The van der Waals surface area contributed by atoms with E-state index in [2.05, 4.69) is 0 Å². The van der Waals surface area contributed by atoms with Crippen LogP contribution in [-0.2, 0) is 28.2 Å². The maximum atomic E-state index is 12.6. The van der Waals surface area contributed by atoms with E-state index in [1.54, 1.807) is 0 Å². The summed E-state index contributed by atoms with van der Waals surface area (Å²) < 4.78 is 36.5. The van der Waals surface area contributed by atoms with Crippen LogP contribution >= 0.6 is 15.6 Å². The van der Waals surface area contributed by atoms with Crippen LogP contribution < -0.4 is 0 Å². The van der Waals surface area contributed by atoms with Crippen LogP contribution in [0.15, 0.2) is 0 Å². The van der Waals surface area contributed by atoms with Crippen molar-refractivity contribution in [2.24, 2.45) is 0 Å². The average Bonchev–Trinajstić information content (AvgIpc) is 2.74. The Balaban J connectivity index is 4.66. The number of carbonyl (C=O) groups is 2. The highest BCUT2D eigenvalue weighted by Gasteiger charge is 2.35. The first-order valence-electron chi connectivity index (χ1n) is 11.8. The van der Waals surface area contributed by atoms with Crippen molar-refractivity contribution in [3.05, 3.63) is 0 Å². The lowest BCUT2D eigenvalue weighted by Crippen LogP contribution is -2.37. The highest BCUT2D eigenvalue weighted by molar-refractivity contribution is 7.45. The predicted molar refractivity (Wildman–Crippen MR) is 134 cm³/mol. The molecule has 204 valence electrons. The molecule has 0 rings (SSSR count). The molecule has 3 N–H and O–H groups in total. The zero-order valence-corrected chi connectivity index (χ0v) is 23.9. The molecule has 0 fully saturated rings. The largest absolute Gasteiger partial charge is 0.461 e. The van der Waals surface area contributed by atoms with Gasteiger partial charge in [0.1, 0.15) is 26.3 Å². The first-order valence-corrected chi connectivity index (χ1v) is 14.8. The molecule has 0 heterocycles. The van der Waals surface area contributed by atoms with Crippen molar-refractivity contribution in [3.63, 3.8) is 0 Å². The molecule has 0 aromatic heterocycles. The van der Waals surface area contributed by atoms with E-state index in [-0.39, 0.29) is 39.3 Å². The lowest BCUT2D eigenvalue weighted by atomic mass is 10.2. The maximum absolute atomic E-state index is 12.6. The smallest absolute Gasteiger partial charge is 0.351 e. The Bertz CT molecular complexity index is 693. The van der Waals surface area contributed by atoms with Crippen molar-refractivity contribution in [3.8, 4) is 0 Å². The summed E-state index contributed by atoms with van der Waals surface area (Å²) in [6.07, 6.45) is -1.17. The Labute approximate surface area is 211 Å². The molecule has 0 saturated carbocycles. The minimum Gasteiger partial charge on any atom is -0.461 e. The van der Waals surface area contributed by atoms with E-state index < -0.39 is 51.4 Å². The van der Waals surface area contributed by atoms with Crippen LogP contribution in [-0.4, -0.2) is 148 Å². The van der Waals surface area contributed by atoms with Crippen LogP contribution in [0.4, 0.5) is 0 Å². The number of hydrogen-bond acceptors (Lipinski definition) is 9. The summed E-state index contributed by atoms with van der Waals surface area (Å²) in [4.78, 5) is 24.2. The van der Waals surface area contributed by atoms with E-state index in [1.807, 2.05) is 42.3 Å². The van der Waals surface area contributed by atoms with Gasteiger partial charge in [0.25, 0.3) is 0 Å². The highest BCUT2D eigenvalue weighted by Crippen LogP contribution is 2.32. The van der Waals surface area contributed by atoms with Gasteiger partial charge in [-0.2, -0.15) is 0 Å². The first-order chi connectivity index (χ1) is 16.1. The lowest BCUT2D eigenvalue weighted by molar-refractivity contribution is -0.867. The summed E-state index contributed by atoms with van der Waals surface area (Å²) in [6.45, 7) is 0.483. The van der Waals surface area contributed by atoms with Gasteiger partial charge in [0, 0.05) is 26.1 Å². The molecule has 0 aromatic carbocycles. The van der Waals surface area contributed by atoms with E-state index in [9.17, 15) is 34.0 Å². The van der Waals surface area contributed by atoms with Crippen LogP contribution in [0.2, 0.25) is 0 Å². The standard InChI is InChI=1S/C22H46N2O9P2/c1-23(2,3)9-13-34(30)18(7-11-25)16-32-21(28)15-20(27)22(29)33-17-19(8-12-26)35(31)14-10-24(4,5)6/h18-20,25-27H,7-17H2,1-6H3/q+4. The van der Waals surface area contributed by atoms with Crippen LogP contribution in [0.25, 0.3) is 0 Å². The number of esters is 2. The summed E-state index contributed by atoms with van der Waals surface area (Å²) >= 11 is 0. The van der Waals surface area contributed by atoms with E-state index >= 15 is 0 Å². The molecule has 5 unspecified atom stereocenters. The van der Waals surface area contributed by atoms with Gasteiger partial charge >= 0.3 is 27.5 Å². The molecule has 0 aliphatic heterocycles. The van der Waals surface area contributed by atoms with Crippen LogP contribution in [0.1, 0.15) is 19.3 Å². The molecule has 13 heteroatoms. The Morgan fingerprint density at radius 2 is 1.17 bits per heavy atom. The van der Waals surface area contributed by atoms with Crippen LogP contribution in [0.5, 0.6) is 0 Å². The fraction of sp³-hybridized carbons (Fsp3) is 0.909. The quantitative estimate of drug-likeness (QED) is 0.119. The molecule has 0 aromatic rings. The number of aliphatic hydroxyl groups is 3. The molecule has 0 spiro atoms. The molecule has 0 radical (unpaired) electrons. The summed E-state index contributed by atoms with van der Waals surface area (Å²) in [5.74, 6) is -1.89. The predicted octanol–water partition coefficient (Wildman–Crippen LogP) is 0.393. The van der Waals surface area contributed by atoms with Gasteiger partial charge in [-0.05, 0) is 0 Å². The van der Waals surface area contributed by atoms with Gasteiger partial charge in [-0.3, -0.25) is 4.79 Å². The van der Waals surface area contributed by atoms with Gasteiger partial charge in [0.05, 0.1) is 48.7 Å². The molecule has 0 aliphatic carbocycles. The molecule has 35 heavy (non-hydrogen) atoms. The molecule has 11 nitrogen and oxygen atoms in total. The Morgan fingerprint density at radius 3 is 1.54 bits per heavy atom. The SMILES string of the molecule is C[N+](C)(C)CC[P+](=O)C(CCO)COC(=O)CC(O)C(=O)OCC(CCO)[P+](=O)CC[N+](C)(C)C. The summed E-state index contributed by atoms with van der Waals surface area (Å²) in [5, 5.41) is 28.5. The second-order valence-corrected chi connectivity index (χ2v) is 14.7. The van der Waals surface area contributed by atoms with Crippen molar-refractivity contribution >= 4 is 27.5 Å². The van der Waals surface area contributed by atoms with Gasteiger partial charge in [-0.15, -0.1) is 0 Å². The summed E-state index contributed by atoms with van der Waals surface area (Å²) in [6, 6.07) is 0. The second kappa shape index (κ2) is 16.6. The van der Waals surface area contributed by atoms with Gasteiger partial charge in [0.15, 0.2) is 29.7 Å². The van der Waals surface area contributed by atoms with E-state index in [1.165, 1.54) is 0 Å². The van der Waals surface area contributed by atoms with E-state index in [4.69, 9.17) is 9.47 Å². The van der Waals surface area contributed by atoms with E-state index in [0.717, 1.165) is 0 Å². The first kappa shape index (κ1) is 33.9. The van der Waals surface area contributed by atoms with Gasteiger partial charge < -0.3 is 33.8 Å². The van der Waals surface area contributed by atoms with Crippen molar-refractivity contribution in [1.29, 1.82) is 0 Å². The van der Waals surface area contributed by atoms with Crippen LogP contribution in [0, 0.1) is 0 Å². The molecule has 0 bridgehead atoms. The third-order valence-corrected chi connectivity index (χ3v) is 8.93. The minimum absolute atomic E-state index is 0.182. The van der Waals surface area contributed by atoms with E-state index in [0.29, 0.717) is 34.4 Å². The van der Waals surface area contributed by atoms with Gasteiger partial charge in [-0.25, -0.2) is 4.79 Å². The second-order valence-electron chi connectivity index (χ2n) is 10.7. The Kier molecular flexibility index (Phi) is 16.1. The molecular weight excluding hydrogens is 498 g/mol. The number of ether oxygens (including phenoxy) is 2. The summed E-state index contributed by atoms with van der Waals surface area (Å²) in [5.41, 5.74) is -1.07. The maximum Gasteiger partial charge on any atom is 0.351 e. The number of quaternary nitrogens is 2. The zero-order valence-electron chi connectivity index (χ0n) is 22.1. The summed E-state index contributed by atoms with van der Waals surface area (Å²) in [7, 11) is 8.36. The zero-order chi connectivity index (χ0) is 27.2.